The van der Waals surface area contributed by atoms with Crippen LogP contribution in [0.1, 0.15) is 38.5 Å². The van der Waals surface area contributed by atoms with Crippen LogP contribution in [0.4, 0.5) is 0 Å². The molecule has 0 heterocycles. The maximum absolute atomic E-state index is 13.0. The number of unbranched alkanes of at least 4 members (excludes halogenated alkanes) is 2. The summed E-state index contributed by atoms with van der Waals surface area (Å²) in [6.07, 6.45) is 2.50. The Morgan fingerprint density at radius 1 is 0.538 bits per heavy atom. The normalized spacial score (nSPS) is 11.9. The number of carboxylic acids is 1. The molecule has 0 saturated heterocycles. The third-order valence-electron chi connectivity index (χ3n) is 5.12. The zero-order valence-corrected chi connectivity index (χ0v) is 21.9. The van der Waals surface area contributed by atoms with E-state index in [-0.39, 0.29) is 25.9 Å². The molecule has 0 aliphatic heterocycles. The zero-order valence-electron chi connectivity index (χ0n) is 21.9. The van der Waals surface area contributed by atoms with Crippen LogP contribution < -0.4 is 49.1 Å². The van der Waals surface area contributed by atoms with Crippen molar-refractivity contribution in [2.75, 3.05) is 45.8 Å². The van der Waals surface area contributed by atoms with Crippen LogP contribution in [0.3, 0.4) is 0 Å². The van der Waals surface area contributed by atoms with E-state index in [0.29, 0.717) is 38.8 Å². The number of nitrogens with one attached hydrogen (secondary N) is 6. The van der Waals surface area contributed by atoms with E-state index >= 15 is 0 Å². The molecule has 0 bridgehead atoms. The second-order valence-electron chi connectivity index (χ2n) is 8.40. The van der Waals surface area contributed by atoms with Gasteiger partial charge in [0, 0.05) is 0 Å². The lowest BCUT2D eigenvalue weighted by molar-refractivity contribution is -0.138. The first-order valence-corrected chi connectivity index (χ1v) is 12.5. The van der Waals surface area contributed by atoms with Gasteiger partial charge in [0.05, 0.1) is 26.2 Å². The molecule has 0 fully saturated rings. The summed E-state index contributed by atoms with van der Waals surface area (Å²) in [6.45, 7) is -1.53. The first-order valence-electron chi connectivity index (χ1n) is 12.5. The molecule has 17 heteroatoms. The number of carbonyl (C=O) groups excluding carboxylic acids is 6. The SMILES string of the molecule is NCCCC[C@H](NC(=O)CNC(=O)CNC(=O)CN)C(=O)N[C@@H](CCCCN)C(=O)NCC(=O)NCC(=O)O. The van der Waals surface area contributed by atoms with E-state index in [2.05, 4.69) is 31.9 Å². The molecule has 6 amide bonds. The van der Waals surface area contributed by atoms with Crippen LogP contribution in [0.15, 0.2) is 0 Å². The van der Waals surface area contributed by atoms with Gasteiger partial charge >= 0.3 is 5.97 Å². The second kappa shape index (κ2) is 21.1. The number of carboxylic acid groups (broad SMARTS) is 1. The average Bonchev–Trinajstić information content (AvgIpc) is 2.91. The highest BCUT2D eigenvalue weighted by Crippen LogP contribution is 2.05. The number of rotatable bonds is 21. The predicted molar refractivity (Wildman–Crippen MR) is 138 cm³/mol. The van der Waals surface area contributed by atoms with E-state index in [0.717, 1.165) is 0 Å². The average molecular weight is 560 g/mol. The Labute approximate surface area is 226 Å². The Kier molecular flexibility index (Phi) is 19.1. The lowest BCUT2D eigenvalue weighted by Gasteiger charge is -2.23. The van der Waals surface area contributed by atoms with Gasteiger partial charge in [0.25, 0.3) is 0 Å². The lowest BCUT2D eigenvalue weighted by Crippen LogP contribution is -2.55. The first-order chi connectivity index (χ1) is 18.5. The van der Waals surface area contributed by atoms with Crippen LogP contribution in [0, 0.1) is 0 Å². The molecular weight excluding hydrogens is 518 g/mol. The third kappa shape index (κ3) is 18.1. The summed E-state index contributed by atoms with van der Waals surface area (Å²) in [6, 6.07) is -2.11. The van der Waals surface area contributed by atoms with Gasteiger partial charge in [-0.3, -0.25) is 33.6 Å². The summed E-state index contributed by atoms with van der Waals surface area (Å²) in [4.78, 5) is 83.3. The van der Waals surface area contributed by atoms with Crippen molar-refractivity contribution in [1.82, 2.24) is 31.9 Å². The fourth-order valence-electron chi connectivity index (χ4n) is 3.06. The molecule has 0 radical (unpaired) electrons. The van der Waals surface area contributed by atoms with Crippen LogP contribution in [-0.4, -0.2) is 104 Å². The fourth-order valence-corrected chi connectivity index (χ4v) is 3.06. The van der Waals surface area contributed by atoms with Crippen LogP contribution in [0.25, 0.3) is 0 Å². The monoisotopic (exact) mass is 559 g/mol. The van der Waals surface area contributed by atoms with Crippen molar-refractivity contribution in [3.8, 4) is 0 Å². The number of carbonyl (C=O) groups is 7. The molecular formula is C22H41N9O8. The Hall–Kier alpha value is -3.83. The molecule has 17 nitrogen and oxygen atoms in total. The summed E-state index contributed by atoms with van der Waals surface area (Å²) < 4.78 is 0. The van der Waals surface area contributed by atoms with Gasteiger partial charge in [-0.25, -0.2) is 0 Å². The van der Waals surface area contributed by atoms with Crippen molar-refractivity contribution in [3.05, 3.63) is 0 Å². The molecule has 0 aromatic heterocycles. The quantitative estimate of drug-likeness (QED) is 0.0592. The summed E-state index contributed by atoms with van der Waals surface area (Å²) >= 11 is 0. The Morgan fingerprint density at radius 2 is 1.00 bits per heavy atom. The van der Waals surface area contributed by atoms with Gasteiger partial charge in [-0.05, 0) is 51.6 Å². The number of hydrogen-bond acceptors (Lipinski definition) is 10. The first kappa shape index (κ1) is 35.2. The van der Waals surface area contributed by atoms with Crippen LogP contribution in [0.2, 0.25) is 0 Å². The van der Waals surface area contributed by atoms with Gasteiger partial charge in [-0.2, -0.15) is 0 Å². The van der Waals surface area contributed by atoms with Crippen molar-refractivity contribution in [3.63, 3.8) is 0 Å². The number of amides is 6. The molecule has 0 spiro atoms. The highest BCUT2D eigenvalue weighted by molar-refractivity contribution is 5.94. The van der Waals surface area contributed by atoms with Crippen molar-refractivity contribution in [2.45, 2.75) is 50.6 Å². The maximum atomic E-state index is 13.0. The standard InChI is InChI=1S/C22H41N9O8/c23-7-3-1-5-14(21(38)29-11-18(34)28-13-20(36)37)31-22(39)15(6-2-4-8-24)30-19(35)12-27-17(33)10-26-16(32)9-25/h14-15H,1-13,23-25H2,(H,26,32)(H,27,33)(H,28,34)(H,29,38)(H,30,35)(H,31,39)(H,36,37)/t14-,15-/m0/s1. The maximum Gasteiger partial charge on any atom is 0.322 e. The Balaban J connectivity index is 5.16. The molecule has 0 aliphatic rings. The van der Waals surface area contributed by atoms with Crippen LogP contribution in [0.5, 0.6) is 0 Å². The van der Waals surface area contributed by atoms with Gasteiger partial charge < -0.3 is 54.2 Å². The van der Waals surface area contributed by atoms with E-state index in [9.17, 15) is 33.6 Å². The number of hydrogen-bond donors (Lipinski definition) is 10. The minimum atomic E-state index is -1.25. The predicted octanol–water partition coefficient (Wildman–Crippen LogP) is -5.28. The van der Waals surface area contributed by atoms with E-state index in [1.165, 1.54) is 0 Å². The van der Waals surface area contributed by atoms with Crippen molar-refractivity contribution >= 4 is 41.4 Å². The van der Waals surface area contributed by atoms with Gasteiger partial charge in [-0.15, -0.1) is 0 Å². The van der Waals surface area contributed by atoms with Crippen LogP contribution in [-0.2, 0) is 33.6 Å². The molecule has 0 aromatic rings. The van der Waals surface area contributed by atoms with E-state index in [1.54, 1.807) is 0 Å². The Morgan fingerprint density at radius 3 is 1.51 bits per heavy atom. The van der Waals surface area contributed by atoms with Gasteiger partial charge in [0.1, 0.15) is 18.6 Å². The molecule has 0 aromatic carbocycles. The highest BCUT2D eigenvalue weighted by atomic mass is 16.4. The lowest BCUT2D eigenvalue weighted by atomic mass is 10.1. The Bertz CT molecular complexity index is 840. The highest BCUT2D eigenvalue weighted by Gasteiger charge is 2.26. The molecule has 0 rings (SSSR count). The van der Waals surface area contributed by atoms with Crippen LogP contribution >= 0.6 is 0 Å². The van der Waals surface area contributed by atoms with Gasteiger partial charge in [0.15, 0.2) is 0 Å². The minimum absolute atomic E-state index is 0.194. The third-order valence-corrected chi connectivity index (χ3v) is 5.12. The minimum Gasteiger partial charge on any atom is -0.480 e. The molecule has 39 heavy (non-hydrogen) atoms. The summed E-state index contributed by atoms with van der Waals surface area (Å²) in [7, 11) is 0. The molecule has 0 aliphatic carbocycles. The van der Waals surface area contributed by atoms with Gasteiger partial charge in [-0.1, -0.05) is 0 Å². The largest absolute Gasteiger partial charge is 0.480 e. The van der Waals surface area contributed by atoms with Crippen molar-refractivity contribution < 1.29 is 38.7 Å². The molecule has 2 atom stereocenters. The smallest absolute Gasteiger partial charge is 0.322 e. The number of aliphatic carboxylic acids is 1. The number of nitrogens with two attached hydrogens (primary N) is 3. The van der Waals surface area contributed by atoms with Crippen molar-refractivity contribution in [1.29, 1.82) is 0 Å². The molecule has 0 unspecified atom stereocenters. The van der Waals surface area contributed by atoms with Crippen molar-refractivity contribution in [2.24, 2.45) is 17.2 Å². The molecule has 0 saturated carbocycles. The topological polar surface area (TPSA) is 290 Å². The van der Waals surface area contributed by atoms with E-state index < -0.39 is 73.1 Å². The summed E-state index contributed by atoms with van der Waals surface area (Å²) in [5, 5.41) is 22.7. The molecule has 13 N–H and O–H groups in total. The zero-order chi connectivity index (χ0) is 29.6. The second-order valence-corrected chi connectivity index (χ2v) is 8.40. The summed E-state index contributed by atoms with van der Waals surface area (Å²) in [5.74, 6) is -5.18. The van der Waals surface area contributed by atoms with E-state index in [4.69, 9.17) is 22.3 Å². The van der Waals surface area contributed by atoms with E-state index in [1.807, 2.05) is 0 Å². The molecule has 222 valence electrons. The van der Waals surface area contributed by atoms with Gasteiger partial charge in [0.2, 0.25) is 35.4 Å². The fraction of sp³-hybridized carbons (Fsp3) is 0.682. The summed E-state index contributed by atoms with van der Waals surface area (Å²) in [5.41, 5.74) is 16.2.